The van der Waals surface area contributed by atoms with Crippen LogP contribution in [0.25, 0.3) is 0 Å². The Balaban J connectivity index is 1.40. The van der Waals surface area contributed by atoms with Crippen molar-refractivity contribution in [1.29, 1.82) is 0 Å². The van der Waals surface area contributed by atoms with E-state index >= 15 is 0 Å². The molecule has 0 amide bonds. The van der Waals surface area contributed by atoms with Crippen LogP contribution in [-0.4, -0.2) is 23.1 Å². The van der Waals surface area contributed by atoms with Crippen LogP contribution in [0.4, 0.5) is 23.1 Å². The highest BCUT2D eigenvalue weighted by Crippen LogP contribution is 2.25. The molecule has 2 aromatic carbocycles. The lowest BCUT2D eigenvalue weighted by molar-refractivity contribution is 0.438. The number of rotatable bonds is 6. The van der Waals surface area contributed by atoms with Crippen molar-refractivity contribution in [2.45, 2.75) is 33.2 Å². The summed E-state index contributed by atoms with van der Waals surface area (Å²) >= 11 is 0. The van der Waals surface area contributed by atoms with Gasteiger partial charge in [0, 0.05) is 42.8 Å². The van der Waals surface area contributed by atoms with Crippen molar-refractivity contribution in [3.05, 3.63) is 71.9 Å². The van der Waals surface area contributed by atoms with Gasteiger partial charge >= 0.3 is 0 Å². The van der Waals surface area contributed by atoms with E-state index in [1.165, 1.54) is 24.1 Å². The van der Waals surface area contributed by atoms with E-state index in [2.05, 4.69) is 68.8 Å². The molecule has 0 saturated carbocycles. The van der Waals surface area contributed by atoms with Crippen molar-refractivity contribution in [3.8, 4) is 0 Å². The van der Waals surface area contributed by atoms with Crippen LogP contribution in [0.3, 0.4) is 0 Å². The number of hydrogen-bond donors (Lipinski definition) is 2. The zero-order valence-corrected chi connectivity index (χ0v) is 17.2. The van der Waals surface area contributed by atoms with Gasteiger partial charge in [-0.3, -0.25) is 0 Å². The molecule has 2 heterocycles. The summed E-state index contributed by atoms with van der Waals surface area (Å²) in [5.41, 5.74) is 4.46. The summed E-state index contributed by atoms with van der Waals surface area (Å²) < 4.78 is 0. The van der Waals surface area contributed by atoms with Gasteiger partial charge in [0.25, 0.3) is 0 Å². The summed E-state index contributed by atoms with van der Waals surface area (Å²) in [6.07, 6.45) is 2.55. The van der Waals surface area contributed by atoms with Crippen LogP contribution < -0.4 is 15.5 Å². The fourth-order valence-corrected chi connectivity index (χ4v) is 3.66. The Morgan fingerprint density at radius 1 is 0.966 bits per heavy atom. The lowest BCUT2D eigenvalue weighted by atomic mass is 9.99. The monoisotopic (exact) mass is 387 g/mol. The molecule has 1 fully saturated rings. The third kappa shape index (κ3) is 5.25. The molecule has 3 aromatic rings. The second-order valence-corrected chi connectivity index (χ2v) is 7.90. The summed E-state index contributed by atoms with van der Waals surface area (Å²) in [6, 6.07) is 20.9. The fraction of sp³-hybridized carbons (Fsp3) is 0.333. The minimum absolute atomic E-state index is 0.635. The standard InChI is InChI=1S/C24H29N5/c1-18-12-14-29(15-13-18)22-10-8-21(9-11-22)27-23-16-19(2)26-24(28-23)25-17-20-6-4-3-5-7-20/h3-11,16,18H,12-15,17H2,1-2H3,(H2,25,26,27,28). The molecule has 0 aliphatic carbocycles. The predicted molar refractivity (Wildman–Crippen MR) is 121 cm³/mol. The van der Waals surface area contributed by atoms with Crippen LogP contribution in [-0.2, 0) is 6.54 Å². The topological polar surface area (TPSA) is 53.1 Å². The molecule has 29 heavy (non-hydrogen) atoms. The van der Waals surface area contributed by atoms with E-state index in [4.69, 9.17) is 0 Å². The first-order chi connectivity index (χ1) is 14.2. The van der Waals surface area contributed by atoms with Crippen LogP contribution in [0.5, 0.6) is 0 Å². The number of hydrogen-bond acceptors (Lipinski definition) is 5. The lowest BCUT2D eigenvalue weighted by Gasteiger charge is -2.32. The highest BCUT2D eigenvalue weighted by atomic mass is 15.1. The van der Waals surface area contributed by atoms with Gasteiger partial charge in [0.1, 0.15) is 5.82 Å². The van der Waals surface area contributed by atoms with E-state index in [1.54, 1.807) is 0 Å². The van der Waals surface area contributed by atoms with Gasteiger partial charge in [-0.25, -0.2) is 4.98 Å². The molecule has 1 aliphatic heterocycles. The van der Waals surface area contributed by atoms with E-state index in [0.717, 1.165) is 36.2 Å². The molecule has 4 rings (SSSR count). The zero-order valence-electron chi connectivity index (χ0n) is 17.2. The van der Waals surface area contributed by atoms with Gasteiger partial charge in [-0.2, -0.15) is 4.98 Å². The first-order valence-corrected chi connectivity index (χ1v) is 10.4. The predicted octanol–water partition coefficient (Wildman–Crippen LogP) is 5.38. The third-order valence-electron chi connectivity index (χ3n) is 5.44. The van der Waals surface area contributed by atoms with Gasteiger partial charge in [0.2, 0.25) is 5.95 Å². The van der Waals surface area contributed by atoms with Crippen LogP contribution in [0, 0.1) is 12.8 Å². The van der Waals surface area contributed by atoms with E-state index in [0.29, 0.717) is 12.5 Å². The molecule has 150 valence electrons. The van der Waals surface area contributed by atoms with Gasteiger partial charge in [0.15, 0.2) is 0 Å². The van der Waals surface area contributed by atoms with Crippen molar-refractivity contribution in [2.75, 3.05) is 28.6 Å². The second kappa shape index (κ2) is 8.95. The molecule has 5 heteroatoms. The number of nitrogens with one attached hydrogen (secondary N) is 2. The van der Waals surface area contributed by atoms with E-state index < -0.39 is 0 Å². The number of piperidine rings is 1. The molecule has 0 atom stereocenters. The van der Waals surface area contributed by atoms with Crippen molar-refractivity contribution >= 4 is 23.1 Å². The normalized spacial score (nSPS) is 14.6. The minimum Gasteiger partial charge on any atom is -0.372 e. The van der Waals surface area contributed by atoms with Crippen molar-refractivity contribution < 1.29 is 0 Å². The van der Waals surface area contributed by atoms with E-state index in [-0.39, 0.29) is 0 Å². The minimum atomic E-state index is 0.635. The molecule has 1 saturated heterocycles. The Morgan fingerprint density at radius 3 is 2.41 bits per heavy atom. The van der Waals surface area contributed by atoms with E-state index in [9.17, 15) is 0 Å². The van der Waals surface area contributed by atoms with Crippen LogP contribution in [0.1, 0.15) is 31.0 Å². The SMILES string of the molecule is Cc1cc(Nc2ccc(N3CCC(C)CC3)cc2)nc(NCc2ccccc2)n1. The van der Waals surface area contributed by atoms with Crippen molar-refractivity contribution in [2.24, 2.45) is 5.92 Å². The molecular formula is C24H29N5. The highest BCUT2D eigenvalue weighted by Gasteiger charge is 2.15. The maximum atomic E-state index is 4.62. The first-order valence-electron chi connectivity index (χ1n) is 10.4. The summed E-state index contributed by atoms with van der Waals surface area (Å²) in [5, 5.41) is 6.73. The molecule has 2 N–H and O–H groups in total. The Morgan fingerprint density at radius 2 is 1.69 bits per heavy atom. The molecule has 0 unspecified atom stereocenters. The van der Waals surface area contributed by atoms with Crippen molar-refractivity contribution in [3.63, 3.8) is 0 Å². The highest BCUT2D eigenvalue weighted by molar-refractivity contribution is 5.61. The van der Waals surface area contributed by atoms with Crippen LogP contribution >= 0.6 is 0 Å². The zero-order chi connectivity index (χ0) is 20.1. The smallest absolute Gasteiger partial charge is 0.225 e. The molecule has 0 radical (unpaired) electrons. The Kier molecular flexibility index (Phi) is 5.94. The molecule has 1 aromatic heterocycles. The first kappa shape index (κ1) is 19.2. The lowest BCUT2D eigenvalue weighted by Crippen LogP contribution is -2.32. The maximum absolute atomic E-state index is 4.62. The maximum Gasteiger partial charge on any atom is 0.225 e. The molecule has 1 aliphatic rings. The van der Waals surface area contributed by atoms with Gasteiger partial charge in [0.05, 0.1) is 0 Å². The largest absolute Gasteiger partial charge is 0.372 e. The molecular weight excluding hydrogens is 358 g/mol. The van der Waals surface area contributed by atoms with Gasteiger partial charge < -0.3 is 15.5 Å². The Bertz CT molecular complexity index is 916. The Labute approximate surface area is 173 Å². The quantitative estimate of drug-likeness (QED) is 0.595. The second-order valence-electron chi connectivity index (χ2n) is 7.90. The van der Waals surface area contributed by atoms with Gasteiger partial charge in [-0.05, 0) is 55.5 Å². The summed E-state index contributed by atoms with van der Waals surface area (Å²) in [6.45, 7) is 7.33. The summed E-state index contributed by atoms with van der Waals surface area (Å²) in [5.74, 6) is 2.28. The number of nitrogens with zero attached hydrogens (tertiary/aromatic N) is 3. The fourth-order valence-electron chi connectivity index (χ4n) is 3.66. The number of anilines is 4. The van der Waals surface area contributed by atoms with E-state index in [1.807, 2.05) is 31.2 Å². The molecule has 5 nitrogen and oxygen atoms in total. The molecule has 0 bridgehead atoms. The summed E-state index contributed by atoms with van der Waals surface area (Å²) in [4.78, 5) is 11.6. The molecule has 0 spiro atoms. The number of aromatic nitrogens is 2. The summed E-state index contributed by atoms with van der Waals surface area (Å²) in [7, 11) is 0. The Hall–Kier alpha value is -3.08. The van der Waals surface area contributed by atoms with Crippen LogP contribution in [0.2, 0.25) is 0 Å². The van der Waals surface area contributed by atoms with Crippen molar-refractivity contribution in [1.82, 2.24) is 9.97 Å². The third-order valence-corrected chi connectivity index (χ3v) is 5.44. The van der Waals surface area contributed by atoms with Gasteiger partial charge in [-0.15, -0.1) is 0 Å². The average Bonchev–Trinajstić information content (AvgIpc) is 2.74. The van der Waals surface area contributed by atoms with Crippen LogP contribution in [0.15, 0.2) is 60.7 Å². The number of aryl methyl sites for hydroxylation is 1. The van der Waals surface area contributed by atoms with Gasteiger partial charge in [-0.1, -0.05) is 37.3 Å². The number of benzene rings is 2. The average molecular weight is 388 g/mol.